The Morgan fingerprint density at radius 3 is 2.53 bits per heavy atom. The van der Waals surface area contributed by atoms with Gasteiger partial charge in [0.15, 0.2) is 0 Å². The number of carbonyl (C=O) groups excluding carboxylic acids is 1. The van der Waals surface area contributed by atoms with Gasteiger partial charge >= 0.3 is 6.18 Å². The molecule has 0 bridgehead atoms. The minimum Gasteiger partial charge on any atom is -0.494 e. The van der Waals surface area contributed by atoms with E-state index in [4.69, 9.17) is 9.47 Å². The van der Waals surface area contributed by atoms with Crippen molar-refractivity contribution in [3.63, 3.8) is 0 Å². The molecule has 1 heterocycles. The summed E-state index contributed by atoms with van der Waals surface area (Å²) >= 11 is 0. The molecule has 2 aliphatic rings. The van der Waals surface area contributed by atoms with E-state index in [1.165, 1.54) is 0 Å². The maximum absolute atomic E-state index is 12.9. The van der Waals surface area contributed by atoms with E-state index < -0.39 is 24.0 Å². The first-order valence-corrected chi connectivity index (χ1v) is 11.3. The van der Waals surface area contributed by atoms with Crippen LogP contribution in [0.2, 0.25) is 0 Å². The van der Waals surface area contributed by atoms with Gasteiger partial charge in [-0.15, -0.1) is 0 Å². The average Bonchev–Trinajstić information content (AvgIpc) is 3.13. The van der Waals surface area contributed by atoms with Crippen LogP contribution in [0.25, 0.3) is 5.57 Å². The molecule has 34 heavy (non-hydrogen) atoms. The molecule has 1 unspecified atom stereocenters. The van der Waals surface area contributed by atoms with Crippen LogP contribution in [0.15, 0.2) is 48.0 Å². The van der Waals surface area contributed by atoms with Crippen molar-refractivity contribution in [2.75, 3.05) is 13.2 Å². The molecule has 0 radical (unpaired) electrons. The molecule has 0 saturated heterocycles. The van der Waals surface area contributed by atoms with Gasteiger partial charge in [0.25, 0.3) is 5.91 Å². The predicted molar refractivity (Wildman–Crippen MR) is 120 cm³/mol. The van der Waals surface area contributed by atoms with Crippen LogP contribution in [0.1, 0.15) is 49.3 Å². The number of fused-ring (bicyclic) bond motifs is 2. The number of nitrogens with one attached hydrogen (secondary N) is 1. The predicted octanol–water partition coefficient (Wildman–Crippen LogP) is 5.45. The molecule has 2 aromatic rings. The van der Waals surface area contributed by atoms with Crippen molar-refractivity contribution in [3.05, 3.63) is 64.7 Å². The molecule has 4 rings (SSSR count). The second-order valence-corrected chi connectivity index (χ2v) is 8.52. The van der Waals surface area contributed by atoms with Crippen molar-refractivity contribution in [3.8, 4) is 17.6 Å². The van der Waals surface area contributed by atoms with E-state index in [2.05, 4.69) is 11.4 Å². The van der Waals surface area contributed by atoms with Crippen molar-refractivity contribution in [2.45, 2.75) is 50.7 Å². The number of hydrogen-bond acceptors (Lipinski definition) is 4. The molecule has 1 N–H and O–H groups in total. The van der Waals surface area contributed by atoms with Gasteiger partial charge in [0, 0.05) is 12.8 Å². The number of halogens is 3. The zero-order valence-corrected chi connectivity index (χ0v) is 18.8. The van der Waals surface area contributed by atoms with Crippen LogP contribution in [-0.4, -0.2) is 25.3 Å². The Labute approximate surface area is 196 Å². The van der Waals surface area contributed by atoms with Crippen LogP contribution >= 0.6 is 0 Å². The monoisotopic (exact) mass is 470 g/mol. The largest absolute Gasteiger partial charge is 0.494 e. The number of nitrogens with zero attached hydrogens (tertiary/aromatic N) is 1. The highest BCUT2D eigenvalue weighted by Crippen LogP contribution is 2.47. The van der Waals surface area contributed by atoms with Gasteiger partial charge in [-0.1, -0.05) is 18.2 Å². The Morgan fingerprint density at radius 1 is 1.12 bits per heavy atom. The minimum absolute atomic E-state index is 0.0175. The van der Waals surface area contributed by atoms with Gasteiger partial charge in [-0.25, -0.2) is 0 Å². The molecule has 1 aliphatic heterocycles. The summed E-state index contributed by atoms with van der Waals surface area (Å²) in [6.45, 7) is 2.42. The summed E-state index contributed by atoms with van der Waals surface area (Å²) in [6, 6.07) is 14.9. The standard InChI is InChI=1S/C26H25F3N2O3/c1-2-33-19-6-4-17(5-7-19)21-15-25(31-24(32)22(21)16-30)12-10-18-14-20(8-9-23(18)25)34-13-3-11-26(27,28)29/h4-9,14H,2-3,10-13,15H2,1H3,(H,31,32). The lowest BCUT2D eigenvalue weighted by atomic mass is 9.78. The number of nitriles is 1. The molecule has 0 fully saturated rings. The van der Waals surface area contributed by atoms with Crippen LogP contribution in [0, 0.1) is 11.3 Å². The van der Waals surface area contributed by atoms with E-state index in [1.54, 1.807) is 6.07 Å². The van der Waals surface area contributed by atoms with Crippen LogP contribution < -0.4 is 14.8 Å². The Hall–Kier alpha value is -3.47. The molecule has 5 nitrogen and oxygen atoms in total. The number of amides is 1. The number of aryl methyl sites for hydroxylation is 1. The third-order valence-corrected chi connectivity index (χ3v) is 6.27. The number of benzene rings is 2. The van der Waals surface area contributed by atoms with E-state index in [9.17, 15) is 23.2 Å². The number of alkyl halides is 3. The van der Waals surface area contributed by atoms with Crippen molar-refractivity contribution in [1.82, 2.24) is 5.32 Å². The first-order chi connectivity index (χ1) is 16.2. The van der Waals surface area contributed by atoms with Gasteiger partial charge in [-0.05, 0) is 72.7 Å². The summed E-state index contributed by atoms with van der Waals surface area (Å²) in [5, 5.41) is 12.7. The smallest absolute Gasteiger partial charge is 0.389 e. The lowest BCUT2D eigenvalue weighted by Crippen LogP contribution is -2.48. The molecule has 0 aromatic heterocycles. The molecule has 178 valence electrons. The normalized spacial score (nSPS) is 19.6. The highest BCUT2D eigenvalue weighted by Gasteiger charge is 2.45. The second-order valence-electron chi connectivity index (χ2n) is 8.52. The summed E-state index contributed by atoms with van der Waals surface area (Å²) in [6.07, 6.45) is -3.36. The van der Waals surface area contributed by atoms with E-state index in [1.807, 2.05) is 43.3 Å². The fraction of sp³-hybridized carbons (Fsp3) is 0.385. The average molecular weight is 470 g/mol. The Morgan fingerprint density at radius 2 is 1.85 bits per heavy atom. The zero-order chi connectivity index (χ0) is 24.3. The highest BCUT2D eigenvalue weighted by atomic mass is 19.4. The van der Waals surface area contributed by atoms with Crippen LogP contribution in [0.5, 0.6) is 11.5 Å². The van der Waals surface area contributed by atoms with Gasteiger partial charge in [-0.2, -0.15) is 18.4 Å². The molecule has 2 aromatic carbocycles. The molecule has 1 atom stereocenters. The summed E-state index contributed by atoms with van der Waals surface area (Å²) in [4.78, 5) is 12.9. The van der Waals surface area contributed by atoms with Crippen LogP contribution in [0.3, 0.4) is 0 Å². The summed E-state index contributed by atoms with van der Waals surface area (Å²) in [5.74, 6) is 0.826. The van der Waals surface area contributed by atoms with E-state index in [0.717, 1.165) is 16.7 Å². The summed E-state index contributed by atoms with van der Waals surface area (Å²) < 4.78 is 48.0. The highest BCUT2D eigenvalue weighted by molar-refractivity contribution is 6.07. The molecular formula is C26H25F3N2O3. The third kappa shape index (κ3) is 4.89. The van der Waals surface area contributed by atoms with Crippen molar-refractivity contribution in [2.24, 2.45) is 0 Å². The van der Waals surface area contributed by atoms with Crippen molar-refractivity contribution in [1.29, 1.82) is 5.26 Å². The topological polar surface area (TPSA) is 71.3 Å². The van der Waals surface area contributed by atoms with Crippen LogP contribution in [-0.2, 0) is 16.8 Å². The SMILES string of the molecule is CCOc1ccc(C2=C(C#N)C(=O)NC3(CCc4cc(OCCCC(F)(F)F)ccc43)C2)cc1. The third-order valence-electron chi connectivity index (χ3n) is 6.27. The molecular weight excluding hydrogens is 445 g/mol. The molecule has 1 spiro atoms. The minimum atomic E-state index is -4.19. The summed E-state index contributed by atoms with van der Waals surface area (Å²) in [7, 11) is 0. The number of rotatable bonds is 7. The number of ether oxygens (including phenoxy) is 2. The molecule has 1 amide bonds. The summed E-state index contributed by atoms with van der Waals surface area (Å²) in [5.41, 5.74) is 2.88. The quantitative estimate of drug-likeness (QED) is 0.547. The second kappa shape index (κ2) is 9.41. The first-order valence-electron chi connectivity index (χ1n) is 11.3. The lowest BCUT2D eigenvalue weighted by Gasteiger charge is -2.37. The number of hydrogen-bond donors (Lipinski definition) is 1. The molecule has 1 aliphatic carbocycles. The maximum Gasteiger partial charge on any atom is 0.389 e. The Kier molecular flexibility index (Phi) is 6.56. The van der Waals surface area contributed by atoms with Crippen LogP contribution in [0.4, 0.5) is 13.2 Å². The van der Waals surface area contributed by atoms with Gasteiger partial charge < -0.3 is 14.8 Å². The lowest BCUT2D eigenvalue weighted by molar-refractivity contribution is -0.136. The maximum atomic E-state index is 12.9. The Bertz CT molecular complexity index is 1150. The fourth-order valence-corrected chi connectivity index (χ4v) is 4.73. The molecule has 0 saturated carbocycles. The number of carbonyl (C=O) groups is 1. The first kappa shape index (κ1) is 23.7. The fourth-order valence-electron chi connectivity index (χ4n) is 4.73. The van der Waals surface area contributed by atoms with Gasteiger partial charge in [0.05, 0.1) is 18.8 Å². The Balaban J connectivity index is 1.56. The molecule has 8 heteroatoms. The van der Waals surface area contributed by atoms with E-state index in [-0.39, 0.29) is 18.6 Å². The van der Waals surface area contributed by atoms with Crippen molar-refractivity contribution < 1.29 is 27.4 Å². The van der Waals surface area contributed by atoms with Gasteiger partial charge in [-0.3, -0.25) is 4.79 Å². The van der Waals surface area contributed by atoms with Gasteiger partial charge in [0.2, 0.25) is 0 Å². The zero-order valence-electron chi connectivity index (χ0n) is 18.8. The van der Waals surface area contributed by atoms with E-state index >= 15 is 0 Å². The van der Waals surface area contributed by atoms with Crippen molar-refractivity contribution >= 4 is 11.5 Å². The van der Waals surface area contributed by atoms with E-state index in [0.29, 0.717) is 42.9 Å². The van der Waals surface area contributed by atoms with Gasteiger partial charge in [0.1, 0.15) is 23.1 Å².